The van der Waals surface area contributed by atoms with E-state index in [4.69, 9.17) is 4.42 Å². The highest BCUT2D eigenvalue weighted by Gasteiger charge is 2.08. The van der Waals surface area contributed by atoms with Gasteiger partial charge >= 0.3 is 0 Å². The van der Waals surface area contributed by atoms with Crippen LogP contribution in [0.1, 0.15) is 5.56 Å². The molecule has 18 heavy (non-hydrogen) atoms. The van der Waals surface area contributed by atoms with E-state index in [0.29, 0.717) is 5.89 Å². The minimum absolute atomic E-state index is 0.267. The van der Waals surface area contributed by atoms with Crippen LogP contribution in [-0.2, 0) is 5.33 Å². The Morgan fingerprint density at radius 1 is 1.11 bits per heavy atom. The molecule has 0 aliphatic rings. The van der Waals surface area contributed by atoms with Crippen LogP contribution in [0.5, 0.6) is 0 Å². The molecule has 3 rings (SSSR count). The number of hydrogen-bond acceptors (Lipinski definition) is 2. The van der Waals surface area contributed by atoms with Crippen molar-refractivity contribution < 1.29 is 8.81 Å². The normalized spacial score (nSPS) is 11.0. The van der Waals surface area contributed by atoms with E-state index in [-0.39, 0.29) is 5.82 Å². The number of hydrogen-bond donors (Lipinski definition) is 0. The summed E-state index contributed by atoms with van der Waals surface area (Å²) in [7, 11) is 0. The van der Waals surface area contributed by atoms with Gasteiger partial charge in [0.15, 0.2) is 5.58 Å². The van der Waals surface area contributed by atoms with Crippen LogP contribution in [0.15, 0.2) is 46.9 Å². The first-order chi connectivity index (χ1) is 8.76. The van der Waals surface area contributed by atoms with Gasteiger partial charge in [-0.15, -0.1) is 0 Å². The van der Waals surface area contributed by atoms with Crippen LogP contribution in [0.2, 0.25) is 0 Å². The molecular formula is C14H9BrFNO. The zero-order valence-corrected chi connectivity index (χ0v) is 10.9. The van der Waals surface area contributed by atoms with Crippen molar-refractivity contribution in [3.63, 3.8) is 0 Å². The second-order valence-corrected chi connectivity index (χ2v) is 4.52. The van der Waals surface area contributed by atoms with Gasteiger partial charge in [0.05, 0.1) is 0 Å². The summed E-state index contributed by atoms with van der Waals surface area (Å²) in [4.78, 5) is 4.38. The molecule has 3 aromatic rings. The van der Waals surface area contributed by atoms with Gasteiger partial charge in [0, 0.05) is 10.9 Å². The number of rotatable bonds is 2. The van der Waals surface area contributed by atoms with Crippen molar-refractivity contribution in [1.29, 1.82) is 0 Å². The molecular weight excluding hydrogens is 297 g/mol. The van der Waals surface area contributed by atoms with Crippen LogP contribution in [0.25, 0.3) is 22.6 Å². The topological polar surface area (TPSA) is 26.0 Å². The molecule has 1 aromatic heterocycles. The van der Waals surface area contributed by atoms with Gasteiger partial charge in [0.25, 0.3) is 0 Å². The van der Waals surface area contributed by atoms with Crippen molar-refractivity contribution in [3.8, 4) is 11.5 Å². The smallest absolute Gasteiger partial charge is 0.227 e. The van der Waals surface area contributed by atoms with E-state index in [1.807, 2.05) is 18.2 Å². The van der Waals surface area contributed by atoms with Crippen molar-refractivity contribution in [2.75, 3.05) is 0 Å². The Bertz CT molecular complexity index is 691. The van der Waals surface area contributed by atoms with E-state index in [1.165, 1.54) is 12.1 Å². The summed E-state index contributed by atoms with van der Waals surface area (Å²) >= 11 is 3.40. The molecule has 0 spiro atoms. The molecule has 0 fully saturated rings. The fourth-order valence-electron chi connectivity index (χ4n) is 1.77. The monoisotopic (exact) mass is 305 g/mol. The fourth-order valence-corrected chi connectivity index (χ4v) is 2.12. The highest BCUT2D eigenvalue weighted by Crippen LogP contribution is 2.25. The zero-order valence-electron chi connectivity index (χ0n) is 9.36. The second kappa shape index (κ2) is 4.53. The largest absolute Gasteiger partial charge is 0.436 e. The van der Waals surface area contributed by atoms with Crippen LogP contribution in [-0.4, -0.2) is 4.98 Å². The highest BCUT2D eigenvalue weighted by atomic mass is 79.9. The lowest BCUT2D eigenvalue weighted by molar-refractivity contribution is 0.616. The molecule has 0 bridgehead atoms. The van der Waals surface area contributed by atoms with Gasteiger partial charge in [-0.1, -0.05) is 22.0 Å². The summed E-state index contributed by atoms with van der Waals surface area (Å²) in [6.45, 7) is 0. The summed E-state index contributed by atoms with van der Waals surface area (Å²) in [6.07, 6.45) is 0. The van der Waals surface area contributed by atoms with E-state index in [2.05, 4.69) is 20.9 Å². The predicted octanol–water partition coefficient (Wildman–Crippen LogP) is 4.53. The summed E-state index contributed by atoms with van der Waals surface area (Å²) in [5.74, 6) is 0.244. The summed E-state index contributed by atoms with van der Waals surface area (Å²) in [5.41, 5.74) is 3.45. The Morgan fingerprint density at radius 2 is 1.89 bits per heavy atom. The van der Waals surface area contributed by atoms with Crippen molar-refractivity contribution in [1.82, 2.24) is 4.98 Å². The van der Waals surface area contributed by atoms with Gasteiger partial charge < -0.3 is 4.42 Å². The first-order valence-electron chi connectivity index (χ1n) is 5.47. The third-order valence-corrected chi connectivity index (χ3v) is 3.35. The van der Waals surface area contributed by atoms with E-state index < -0.39 is 0 Å². The van der Waals surface area contributed by atoms with Gasteiger partial charge in [0.2, 0.25) is 5.89 Å². The Morgan fingerprint density at radius 3 is 2.61 bits per heavy atom. The average Bonchev–Trinajstić information content (AvgIpc) is 2.82. The molecule has 0 saturated carbocycles. The molecule has 0 radical (unpaired) electrons. The molecule has 0 amide bonds. The quantitative estimate of drug-likeness (QED) is 0.650. The fraction of sp³-hybridized carbons (Fsp3) is 0.0714. The van der Waals surface area contributed by atoms with Crippen LogP contribution in [0.4, 0.5) is 4.39 Å². The maximum atomic E-state index is 12.8. The number of benzene rings is 2. The Kier molecular flexibility index (Phi) is 2.88. The molecule has 0 aliphatic carbocycles. The van der Waals surface area contributed by atoms with Crippen molar-refractivity contribution in [3.05, 3.63) is 53.8 Å². The van der Waals surface area contributed by atoms with Crippen LogP contribution < -0.4 is 0 Å². The Balaban J connectivity index is 2.10. The first kappa shape index (κ1) is 11.4. The van der Waals surface area contributed by atoms with E-state index in [0.717, 1.165) is 27.6 Å². The van der Waals surface area contributed by atoms with Crippen molar-refractivity contribution in [2.24, 2.45) is 0 Å². The number of alkyl halides is 1. The number of halogens is 2. The van der Waals surface area contributed by atoms with Gasteiger partial charge in [-0.2, -0.15) is 0 Å². The standard InChI is InChI=1S/C14H9BrFNO/c15-8-9-1-6-12-13(7-9)18-14(17-12)10-2-4-11(16)5-3-10/h1-7H,8H2. The molecule has 1 heterocycles. The Hall–Kier alpha value is -1.68. The molecule has 2 aromatic carbocycles. The number of nitrogens with zero attached hydrogens (tertiary/aromatic N) is 1. The lowest BCUT2D eigenvalue weighted by atomic mass is 10.2. The maximum Gasteiger partial charge on any atom is 0.227 e. The van der Waals surface area contributed by atoms with Crippen LogP contribution >= 0.6 is 15.9 Å². The summed E-state index contributed by atoms with van der Waals surface area (Å²) < 4.78 is 18.5. The Labute approximate surface area is 112 Å². The average molecular weight is 306 g/mol. The third-order valence-electron chi connectivity index (χ3n) is 2.70. The zero-order chi connectivity index (χ0) is 12.5. The van der Waals surface area contributed by atoms with Gasteiger partial charge in [-0.3, -0.25) is 0 Å². The van der Waals surface area contributed by atoms with Crippen molar-refractivity contribution >= 4 is 27.0 Å². The molecule has 0 N–H and O–H groups in total. The number of fused-ring (bicyclic) bond motifs is 1. The van der Waals surface area contributed by atoms with E-state index in [1.54, 1.807) is 12.1 Å². The molecule has 0 aliphatic heterocycles. The molecule has 90 valence electrons. The van der Waals surface area contributed by atoms with E-state index in [9.17, 15) is 4.39 Å². The molecule has 4 heteroatoms. The summed E-state index contributed by atoms with van der Waals surface area (Å²) in [6, 6.07) is 12.0. The lowest BCUT2D eigenvalue weighted by Crippen LogP contribution is -1.78. The third kappa shape index (κ3) is 2.04. The molecule has 2 nitrogen and oxygen atoms in total. The SMILES string of the molecule is Fc1ccc(-c2nc3ccc(CBr)cc3o2)cc1. The highest BCUT2D eigenvalue weighted by molar-refractivity contribution is 9.08. The van der Waals surface area contributed by atoms with E-state index >= 15 is 0 Å². The van der Waals surface area contributed by atoms with Gasteiger partial charge in [-0.25, -0.2) is 9.37 Å². The summed E-state index contributed by atoms with van der Waals surface area (Å²) in [5, 5.41) is 0.773. The number of aromatic nitrogens is 1. The minimum atomic E-state index is -0.267. The van der Waals surface area contributed by atoms with Crippen molar-refractivity contribution in [2.45, 2.75) is 5.33 Å². The van der Waals surface area contributed by atoms with Gasteiger partial charge in [0.1, 0.15) is 11.3 Å². The van der Waals surface area contributed by atoms with Crippen LogP contribution in [0.3, 0.4) is 0 Å². The van der Waals surface area contributed by atoms with Crippen LogP contribution in [0, 0.1) is 5.82 Å². The molecule has 0 atom stereocenters. The van der Waals surface area contributed by atoms with Gasteiger partial charge in [-0.05, 0) is 42.0 Å². The second-order valence-electron chi connectivity index (χ2n) is 3.96. The predicted molar refractivity (Wildman–Crippen MR) is 72.0 cm³/mol. The minimum Gasteiger partial charge on any atom is -0.436 e. The molecule has 0 unspecified atom stereocenters. The first-order valence-corrected chi connectivity index (χ1v) is 6.60. The maximum absolute atomic E-state index is 12.8. The molecule has 0 saturated heterocycles. The number of oxazole rings is 1. The lowest BCUT2D eigenvalue weighted by Gasteiger charge is -1.93.